The molecule has 19 heavy (non-hydrogen) atoms. The van der Waals surface area contributed by atoms with E-state index in [0.29, 0.717) is 5.92 Å². The zero-order chi connectivity index (χ0) is 13.7. The molecule has 2 fully saturated rings. The third-order valence-corrected chi connectivity index (χ3v) is 4.90. The number of rotatable bonds is 6. The Bertz CT molecular complexity index is 269. The summed E-state index contributed by atoms with van der Waals surface area (Å²) in [4.78, 5) is 2.49. The quantitative estimate of drug-likeness (QED) is 0.753. The van der Waals surface area contributed by atoms with Crippen LogP contribution in [0.15, 0.2) is 0 Å². The highest BCUT2D eigenvalue weighted by atomic mass is 16.5. The maximum atomic E-state index is 10.6. The van der Waals surface area contributed by atoms with Crippen LogP contribution in [-0.2, 0) is 4.74 Å². The number of aliphatic hydroxyl groups is 1. The second-order valence-electron chi connectivity index (χ2n) is 6.89. The molecule has 1 saturated heterocycles. The van der Waals surface area contributed by atoms with Crippen molar-refractivity contribution < 1.29 is 9.84 Å². The number of hydrogen-bond acceptors (Lipinski definition) is 3. The Balaban J connectivity index is 1.64. The summed E-state index contributed by atoms with van der Waals surface area (Å²) in [5, 5.41) is 10.6. The first kappa shape index (κ1) is 15.3. The van der Waals surface area contributed by atoms with Crippen LogP contribution in [0.25, 0.3) is 0 Å². The van der Waals surface area contributed by atoms with Gasteiger partial charge in [-0.25, -0.2) is 0 Å². The first-order valence-corrected chi connectivity index (χ1v) is 8.12. The lowest BCUT2D eigenvalue weighted by molar-refractivity contribution is -0.0978. The topological polar surface area (TPSA) is 32.7 Å². The summed E-state index contributed by atoms with van der Waals surface area (Å²) >= 11 is 0. The number of nitrogens with zero attached hydrogens (tertiary/aromatic N) is 1. The van der Waals surface area contributed by atoms with Crippen LogP contribution in [0.4, 0.5) is 0 Å². The van der Waals surface area contributed by atoms with Crippen LogP contribution in [0.1, 0.15) is 52.4 Å². The molecule has 2 unspecified atom stereocenters. The van der Waals surface area contributed by atoms with Gasteiger partial charge in [0.1, 0.15) is 0 Å². The summed E-state index contributed by atoms with van der Waals surface area (Å²) in [5.41, 5.74) is -0.340. The summed E-state index contributed by atoms with van der Waals surface area (Å²) in [5.74, 6) is 1.23. The van der Waals surface area contributed by atoms with Crippen LogP contribution in [0.2, 0.25) is 0 Å². The molecule has 1 heterocycles. The van der Waals surface area contributed by atoms with Crippen molar-refractivity contribution >= 4 is 0 Å². The van der Waals surface area contributed by atoms with Gasteiger partial charge in [0.05, 0.1) is 12.2 Å². The van der Waals surface area contributed by atoms with Gasteiger partial charge in [0.15, 0.2) is 0 Å². The van der Waals surface area contributed by atoms with E-state index in [-0.39, 0.29) is 5.60 Å². The molecule has 112 valence electrons. The van der Waals surface area contributed by atoms with Gasteiger partial charge in [0.2, 0.25) is 0 Å². The van der Waals surface area contributed by atoms with Crippen molar-refractivity contribution in [1.29, 1.82) is 0 Å². The smallest absolute Gasteiger partial charge is 0.0700 e. The zero-order valence-electron chi connectivity index (χ0n) is 12.7. The molecule has 0 spiro atoms. The number of ether oxygens (including phenoxy) is 1. The highest BCUT2D eigenvalue weighted by molar-refractivity contribution is 4.95. The van der Waals surface area contributed by atoms with Gasteiger partial charge < -0.3 is 14.7 Å². The fourth-order valence-electron chi connectivity index (χ4n) is 3.46. The molecule has 0 amide bonds. The highest BCUT2D eigenvalue weighted by Gasteiger charge is 2.42. The van der Waals surface area contributed by atoms with Gasteiger partial charge in [-0.05, 0) is 31.6 Å². The zero-order valence-corrected chi connectivity index (χ0v) is 12.7. The van der Waals surface area contributed by atoms with Crippen LogP contribution >= 0.6 is 0 Å². The average Bonchev–Trinajstić information content (AvgIpc) is 2.38. The summed E-state index contributed by atoms with van der Waals surface area (Å²) in [6, 6.07) is 0. The first-order chi connectivity index (χ1) is 9.10. The van der Waals surface area contributed by atoms with Crippen LogP contribution in [0.5, 0.6) is 0 Å². The largest absolute Gasteiger partial charge is 0.390 e. The second-order valence-corrected chi connectivity index (χ2v) is 6.89. The number of fused-ring (bicyclic) bond motifs is 1. The van der Waals surface area contributed by atoms with Gasteiger partial charge in [0, 0.05) is 32.2 Å². The molecule has 0 aromatic carbocycles. The molecule has 0 aromatic heterocycles. The molecular weight excluding hydrogens is 238 g/mol. The highest BCUT2D eigenvalue weighted by Crippen LogP contribution is 2.39. The van der Waals surface area contributed by atoms with E-state index in [1.165, 1.54) is 19.3 Å². The van der Waals surface area contributed by atoms with Crippen molar-refractivity contribution in [3.8, 4) is 0 Å². The third kappa shape index (κ3) is 4.44. The van der Waals surface area contributed by atoms with Crippen molar-refractivity contribution in [3.05, 3.63) is 0 Å². The van der Waals surface area contributed by atoms with Crippen molar-refractivity contribution in [1.82, 2.24) is 4.90 Å². The van der Waals surface area contributed by atoms with Crippen LogP contribution in [-0.4, -0.2) is 48.5 Å². The molecule has 1 saturated carbocycles. The number of likely N-dealkylation sites (tertiary alicyclic amines) is 1. The molecule has 2 atom stereocenters. The van der Waals surface area contributed by atoms with Crippen molar-refractivity contribution in [2.24, 2.45) is 11.8 Å². The molecule has 2 aliphatic rings. The standard InChI is InChI=1S/C16H31NO2/c1-14(2)6-11-19-12-10-17-9-8-16(18)7-4-3-5-15(16)13-17/h14-15,18H,3-13H2,1-2H3. The summed E-state index contributed by atoms with van der Waals surface area (Å²) in [7, 11) is 0. The Morgan fingerprint density at radius 3 is 2.89 bits per heavy atom. The van der Waals surface area contributed by atoms with Crippen LogP contribution in [0.3, 0.4) is 0 Å². The Labute approximate surface area is 118 Å². The van der Waals surface area contributed by atoms with Crippen molar-refractivity contribution in [2.75, 3.05) is 32.8 Å². The lowest BCUT2D eigenvalue weighted by atomic mass is 9.71. The number of hydrogen-bond donors (Lipinski definition) is 1. The minimum Gasteiger partial charge on any atom is -0.390 e. The molecule has 3 heteroatoms. The normalized spacial score (nSPS) is 32.5. The van der Waals surface area contributed by atoms with Gasteiger partial charge in [-0.2, -0.15) is 0 Å². The van der Waals surface area contributed by atoms with Crippen LogP contribution in [0, 0.1) is 11.8 Å². The monoisotopic (exact) mass is 269 g/mol. The summed E-state index contributed by atoms with van der Waals surface area (Å²) < 4.78 is 5.70. The van der Waals surface area contributed by atoms with E-state index in [1.807, 2.05) is 0 Å². The SMILES string of the molecule is CC(C)CCOCCN1CCC2(O)CCCCC2C1. The Morgan fingerprint density at radius 2 is 2.11 bits per heavy atom. The molecule has 1 aliphatic heterocycles. The molecule has 2 rings (SSSR count). The fourth-order valence-corrected chi connectivity index (χ4v) is 3.46. The van der Waals surface area contributed by atoms with Gasteiger partial charge in [-0.3, -0.25) is 0 Å². The molecule has 1 N–H and O–H groups in total. The average molecular weight is 269 g/mol. The number of piperidine rings is 1. The van der Waals surface area contributed by atoms with Gasteiger partial charge >= 0.3 is 0 Å². The fraction of sp³-hybridized carbons (Fsp3) is 1.00. The predicted octanol–water partition coefficient (Wildman–Crippen LogP) is 2.68. The predicted molar refractivity (Wildman–Crippen MR) is 78.2 cm³/mol. The van der Waals surface area contributed by atoms with Crippen molar-refractivity contribution in [3.63, 3.8) is 0 Å². The van der Waals surface area contributed by atoms with Crippen LogP contribution < -0.4 is 0 Å². The lowest BCUT2D eigenvalue weighted by Gasteiger charge is -2.47. The maximum Gasteiger partial charge on any atom is 0.0700 e. The Morgan fingerprint density at radius 1 is 1.26 bits per heavy atom. The van der Waals surface area contributed by atoms with Gasteiger partial charge in [-0.15, -0.1) is 0 Å². The van der Waals surface area contributed by atoms with Gasteiger partial charge in [-0.1, -0.05) is 26.7 Å². The molecule has 0 aromatic rings. The van der Waals surface area contributed by atoms with E-state index in [2.05, 4.69) is 18.7 Å². The third-order valence-electron chi connectivity index (χ3n) is 4.90. The van der Waals surface area contributed by atoms with E-state index >= 15 is 0 Å². The summed E-state index contributed by atoms with van der Waals surface area (Å²) in [6.07, 6.45) is 6.86. The minimum atomic E-state index is -0.340. The van der Waals surface area contributed by atoms with E-state index in [9.17, 15) is 5.11 Å². The second kappa shape index (κ2) is 7.05. The minimum absolute atomic E-state index is 0.340. The first-order valence-electron chi connectivity index (χ1n) is 8.12. The Hall–Kier alpha value is -0.120. The lowest BCUT2D eigenvalue weighted by Crippen LogP contribution is -2.53. The molecule has 0 bridgehead atoms. The van der Waals surface area contributed by atoms with E-state index in [4.69, 9.17) is 4.74 Å². The van der Waals surface area contributed by atoms with Gasteiger partial charge in [0.25, 0.3) is 0 Å². The van der Waals surface area contributed by atoms with E-state index in [1.54, 1.807) is 0 Å². The maximum absolute atomic E-state index is 10.6. The Kier molecular flexibility index (Phi) is 5.67. The molecule has 0 radical (unpaired) electrons. The van der Waals surface area contributed by atoms with Crippen molar-refractivity contribution in [2.45, 2.75) is 58.0 Å². The van der Waals surface area contributed by atoms with E-state index < -0.39 is 0 Å². The molecule has 3 nitrogen and oxygen atoms in total. The molecular formula is C16H31NO2. The van der Waals surface area contributed by atoms with E-state index in [0.717, 1.165) is 58.0 Å². The molecule has 1 aliphatic carbocycles. The summed E-state index contributed by atoms with van der Waals surface area (Å²) in [6.45, 7) is 9.35.